The van der Waals surface area contributed by atoms with Gasteiger partial charge in [-0.05, 0) is 12.1 Å². The van der Waals surface area contributed by atoms with Crippen LogP contribution in [-0.2, 0) is 18.4 Å². The fourth-order valence-electron chi connectivity index (χ4n) is 1.66. The van der Waals surface area contributed by atoms with Gasteiger partial charge in [0, 0.05) is 19.4 Å². The minimum absolute atomic E-state index is 0.0839. The second-order valence-corrected chi connectivity index (χ2v) is 4.03. The molecule has 2 rings (SSSR count). The molecule has 0 atom stereocenters. The van der Waals surface area contributed by atoms with E-state index in [9.17, 15) is 9.59 Å². The van der Waals surface area contributed by atoms with Crippen molar-refractivity contribution in [3.63, 3.8) is 0 Å². The standard InChI is InChI=1S/C13H12N4O2/c1-16-6-7-17(13(16)19)9-12(18)15-11-5-3-2-4-10(11)8-14/h2-7H,9H2,1H3,(H,15,18). The Labute approximate surface area is 109 Å². The number of carbonyl (C=O) groups excluding carboxylic acids is 1. The Morgan fingerprint density at radius 1 is 1.37 bits per heavy atom. The molecular weight excluding hydrogens is 244 g/mol. The van der Waals surface area contributed by atoms with Crippen LogP contribution in [-0.4, -0.2) is 15.0 Å². The van der Waals surface area contributed by atoms with E-state index >= 15 is 0 Å². The zero-order valence-electron chi connectivity index (χ0n) is 10.3. The summed E-state index contributed by atoms with van der Waals surface area (Å²) in [5.41, 5.74) is 0.568. The Morgan fingerprint density at radius 2 is 2.11 bits per heavy atom. The van der Waals surface area contributed by atoms with E-state index in [2.05, 4.69) is 5.32 Å². The van der Waals surface area contributed by atoms with Gasteiger partial charge in [-0.3, -0.25) is 9.36 Å². The quantitative estimate of drug-likeness (QED) is 0.877. The highest BCUT2D eigenvalue weighted by Gasteiger charge is 2.08. The Hall–Kier alpha value is -2.81. The van der Waals surface area contributed by atoms with Gasteiger partial charge in [0.2, 0.25) is 5.91 Å². The summed E-state index contributed by atoms with van der Waals surface area (Å²) in [6, 6.07) is 8.70. The second kappa shape index (κ2) is 5.23. The number of aryl methyl sites for hydroxylation is 1. The van der Waals surface area contributed by atoms with Crippen molar-refractivity contribution in [3.05, 3.63) is 52.7 Å². The summed E-state index contributed by atoms with van der Waals surface area (Å²) in [5.74, 6) is -0.351. The normalized spacial score (nSPS) is 9.89. The molecule has 6 heteroatoms. The molecule has 0 spiro atoms. The molecule has 1 aromatic heterocycles. The Bertz CT molecular complexity index is 706. The minimum atomic E-state index is -0.351. The van der Waals surface area contributed by atoms with E-state index in [1.165, 1.54) is 15.3 Å². The van der Waals surface area contributed by atoms with Crippen LogP contribution in [0.3, 0.4) is 0 Å². The number of benzene rings is 1. The van der Waals surface area contributed by atoms with E-state index in [-0.39, 0.29) is 18.1 Å². The number of nitriles is 1. The molecule has 0 aliphatic carbocycles. The van der Waals surface area contributed by atoms with Gasteiger partial charge < -0.3 is 9.88 Å². The van der Waals surface area contributed by atoms with Crippen molar-refractivity contribution < 1.29 is 4.79 Å². The van der Waals surface area contributed by atoms with Crippen molar-refractivity contribution in [2.24, 2.45) is 7.05 Å². The number of nitrogens with one attached hydrogen (secondary N) is 1. The van der Waals surface area contributed by atoms with Crippen molar-refractivity contribution in [2.45, 2.75) is 6.54 Å². The summed E-state index contributed by atoms with van der Waals surface area (Å²) >= 11 is 0. The van der Waals surface area contributed by atoms with Gasteiger partial charge in [0.25, 0.3) is 0 Å². The molecule has 0 radical (unpaired) electrons. The molecule has 6 nitrogen and oxygen atoms in total. The second-order valence-electron chi connectivity index (χ2n) is 4.03. The first-order chi connectivity index (χ1) is 9.11. The molecule has 0 aliphatic rings. The maximum Gasteiger partial charge on any atom is 0.328 e. The number of carbonyl (C=O) groups is 1. The number of amides is 1. The van der Waals surface area contributed by atoms with E-state index in [4.69, 9.17) is 5.26 Å². The summed E-state index contributed by atoms with van der Waals surface area (Å²) < 4.78 is 2.68. The number of para-hydroxylation sites is 1. The number of hydrogen-bond acceptors (Lipinski definition) is 3. The van der Waals surface area contributed by atoms with Crippen LogP contribution in [0.5, 0.6) is 0 Å². The van der Waals surface area contributed by atoms with E-state index in [0.717, 1.165) is 0 Å². The molecule has 96 valence electrons. The fraction of sp³-hybridized carbons (Fsp3) is 0.154. The highest BCUT2D eigenvalue weighted by molar-refractivity contribution is 5.91. The van der Waals surface area contributed by atoms with Gasteiger partial charge in [-0.2, -0.15) is 5.26 Å². The number of nitrogens with zero attached hydrogens (tertiary/aromatic N) is 3. The molecule has 1 heterocycles. The number of imidazole rings is 1. The van der Waals surface area contributed by atoms with Crippen molar-refractivity contribution in [1.82, 2.24) is 9.13 Å². The lowest BCUT2D eigenvalue weighted by atomic mass is 10.2. The molecule has 0 aliphatic heterocycles. The van der Waals surface area contributed by atoms with Crippen LogP contribution in [0, 0.1) is 11.3 Å². The molecule has 0 unspecified atom stereocenters. The summed E-state index contributed by atoms with van der Waals surface area (Å²) in [6.45, 7) is -0.0839. The highest BCUT2D eigenvalue weighted by atomic mass is 16.2. The molecule has 0 saturated carbocycles. The molecule has 0 bridgehead atoms. The third kappa shape index (κ3) is 2.72. The van der Waals surface area contributed by atoms with Crippen LogP contribution >= 0.6 is 0 Å². The third-order valence-corrected chi connectivity index (χ3v) is 2.65. The van der Waals surface area contributed by atoms with Gasteiger partial charge in [0.1, 0.15) is 12.6 Å². The van der Waals surface area contributed by atoms with Crippen LogP contribution < -0.4 is 11.0 Å². The van der Waals surface area contributed by atoms with Crippen LogP contribution in [0.4, 0.5) is 5.69 Å². The van der Waals surface area contributed by atoms with E-state index < -0.39 is 0 Å². The predicted molar refractivity (Wildman–Crippen MR) is 69.5 cm³/mol. The number of rotatable bonds is 3. The van der Waals surface area contributed by atoms with Gasteiger partial charge in [0.05, 0.1) is 11.3 Å². The summed E-state index contributed by atoms with van der Waals surface area (Å²) in [4.78, 5) is 23.4. The van der Waals surface area contributed by atoms with E-state index in [1.807, 2.05) is 6.07 Å². The molecule has 0 saturated heterocycles. The summed E-state index contributed by atoms with van der Waals surface area (Å²) in [5, 5.41) is 11.5. The smallest absolute Gasteiger partial charge is 0.323 e. The largest absolute Gasteiger partial charge is 0.328 e. The van der Waals surface area contributed by atoms with Gasteiger partial charge in [-0.1, -0.05) is 12.1 Å². The predicted octanol–water partition coefficient (Wildman–Crippen LogP) is 0.697. The molecule has 1 N–H and O–H groups in total. The molecule has 19 heavy (non-hydrogen) atoms. The average molecular weight is 256 g/mol. The zero-order valence-corrected chi connectivity index (χ0v) is 10.3. The number of anilines is 1. The average Bonchev–Trinajstić information content (AvgIpc) is 2.71. The van der Waals surface area contributed by atoms with Gasteiger partial charge in [0.15, 0.2) is 0 Å². The lowest BCUT2D eigenvalue weighted by Crippen LogP contribution is -2.28. The number of aromatic nitrogens is 2. The topological polar surface area (TPSA) is 79.8 Å². The summed E-state index contributed by atoms with van der Waals surface area (Å²) in [7, 11) is 1.61. The van der Waals surface area contributed by atoms with E-state index in [0.29, 0.717) is 11.3 Å². The summed E-state index contributed by atoms with van der Waals surface area (Å²) in [6.07, 6.45) is 3.12. The Balaban J connectivity index is 2.12. The van der Waals surface area contributed by atoms with E-state index in [1.54, 1.807) is 37.5 Å². The van der Waals surface area contributed by atoms with Crippen molar-refractivity contribution in [1.29, 1.82) is 5.26 Å². The number of hydrogen-bond donors (Lipinski definition) is 1. The fourth-order valence-corrected chi connectivity index (χ4v) is 1.66. The van der Waals surface area contributed by atoms with Gasteiger partial charge >= 0.3 is 5.69 Å². The van der Waals surface area contributed by atoms with Crippen LogP contribution in [0.15, 0.2) is 41.5 Å². The molecular formula is C13H12N4O2. The monoisotopic (exact) mass is 256 g/mol. The maximum atomic E-state index is 11.8. The van der Waals surface area contributed by atoms with Crippen molar-refractivity contribution in [3.8, 4) is 6.07 Å². The highest BCUT2D eigenvalue weighted by Crippen LogP contribution is 2.13. The first kappa shape index (κ1) is 12.6. The lowest BCUT2D eigenvalue weighted by Gasteiger charge is -2.06. The van der Waals surface area contributed by atoms with Crippen molar-refractivity contribution in [2.75, 3.05) is 5.32 Å². The molecule has 2 aromatic rings. The lowest BCUT2D eigenvalue weighted by molar-refractivity contribution is -0.116. The first-order valence-corrected chi connectivity index (χ1v) is 5.62. The minimum Gasteiger partial charge on any atom is -0.323 e. The Morgan fingerprint density at radius 3 is 2.74 bits per heavy atom. The first-order valence-electron chi connectivity index (χ1n) is 5.62. The zero-order chi connectivity index (χ0) is 13.8. The SMILES string of the molecule is Cn1ccn(CC(=O)Nc2ccccc2C#N)c1=O. The van der Waals surface area contributed by atoms with Gasteiger partial charge in [-0.15, -0.1) is 0 Å². The van der Waals surface area contributed by atoms with Crippen LogP contribution in [0.2, 0.25) is 0 Å². The molecule has 0 fully saturated rings. The molecule has 1 amide bonds. The van der Waals surface area contributed by atoms with Crippen LogP contribution in [0.25, 0.3) is 0 Å². The Kier molecular flexibility index (Phi) is 3.48. The molecule has 1 aromatic carbocycles. The third-order valence-electron chi connectivity index (χ3n) is 2.65. The van der Waals surface area contributed by atoms with Crippen LogP contribution in [0.1, 0.15) is 5.56 Å². The maximum absolute atomic E-state index is 11.8. The van der Waals surface area contributed by atoms with Crippen molar-refractivity contribution >= 4 is 11.6 Å². The van der Waals surface area contributed by atoms with Gasteiger partial charge in [-0.25, -0.2) is 4.79 Å².